The van der Waals surface area contributed by atoms with Crippen molar-refractivity contribution < 1.29 is 8.42 Å². The van der Waals surface area contributed by atoms with Crippen LogP contribution in [0, 0.1) is 22.7 Å². The van der Waals surface area contributed by atoms with Crippen LogP contribution in [0.2, 0.25) is 0 Å². The Morgan fingerprint density at radius 3 is 2.19 bits per heavy atom. The van der Waals surface area contributed by atoms with Gasteiger partial charge in [0.2, 0.25) is 0 Å². The molecule has 0 spiro atoms. The molecule has 0 aromatic heterocycles. The quantitative estimate of drug-likeness (QED) is 0.923. The van der Waals surface area contributed by atoms with E-state index in [0.717, 1.165) is 25.7 Å². The number of nitrogens with zero attached hydrogens (tertiary/aromatic N) is 3. The van der Waals surface area contributed by atoms with E-state index in [2.05, 4.69) is 4.72 Å². The molecule has 2 rings (SSSR count). The number of anilines is 1. The summed E-state index contributed by atoms with van der Waals surface area (Å²) in [6.07, 6.45) is 3.80. The van der Waals surface area contributed by atoms with Crippen LogP contribution in [-0.4, -0.2) is 25.8 Å². The smallest absolute Gasteiger partial charge is 0.271 e. The zero-order valence-corrected chi connectivity index (χ0v) is 12.4. The van der Waals surface area contributed by atoms with Crippen LogP contribution in [0.25, 0.3) is 0 Å². The molecular weight excluding hydrogens is 288 g/mol. The van der Waals surface area contributed by atoms with Gasteiger partial charge in [-0.3, -0.25) is 4.72 Å². The maximum atomic E-state index is 12.3. The summed E-state index contributed by atoms with van der Waals surface area (Å²) in [4.78, 5) is 0. The summed E-state index contributed by atoms with van der Waals surface area (Å²) in [6.45, 7) is 1.02. The Labute approximate surface area is 124 Å². The Hall–Kier alpha value is -2.09. The van der Waals surface area contributed by atoms with Crippen molar-refractivity contribution in [2.24, 2.45) is 0 Å². The molecular formula is C14H16N4O2S. The van der Waals surface area contributed by atoms with E-state index in [1.165, 1.54) is 22.5 Å². The third-order valence-corrected chi connectivity index (χ3v) is 4.95. The topological polar surface area (TPSA) is 97.0 Å². The molecule has 7 heteroatoms. The molecule has 0 bridgehead atoms. The summed E-state index contributed by atoms with van der Waals surface area (Å²) in [7, 11) is -3.61. The van der Waals surface area contributed by atoms with Gasteiger partial charge in [0.25, 0.3) is 0 Å². The second-order valence-corrected chi connectivity index (χ2v) is 6.57. The third kappa shape index (κ3) is 3.72. The van der Waals surface area contributed by atoms with Crippen LogP contribution in [0.1, 0.15) is 36.8 Å². The molecule has 0 amide bonds. The molecule has 0 atom stereocenters. The van der Waals surface area contributed by atoms with Crippen LogP contribution in [0.3, 0.4) is 0 Å². The fourth-order valence-electron chi connectivity index (χ4n) is 2.29. The highest BCUT2D eigenvalue weighted by atomic mass is 32.2. The minimum atomic E-state index is -3.61. The summed E-state index contributed by atoms with van der Waals surface area (Å²) in [6, 6.07) is 8.11. The normalized spacial score (nSPS) is 16.5. The standard InChI is InChI=1S/C14H16N4O2S/c15-10-12-5-6-14(9-13(12)11-16)17-21(19,20)18-7-3-1-2-4-8-18/h5-6,9,17H,1-4,7-8H2. The molecule has 1 aromatic carbocycles. The monoisotopic (exact) mass is 304 g/mol. The molecule has 1 heterocycles. The van der Waals surface area contributed by atoms with Gasteiger partial charge in [0, 0.05) is 13.1 Å². The summed E-state index contributed by atoms with van der Waals surface area (Å²) in [5.74, 6) is 0. The van der Waals surface area contributed by atoms with Crippen molar-refractivity contribution >= 4 is 15.9 Å². The Morgan fingerprint density at radius 1 is 1.00 bits per heavy atom. The molecule has 21 heavy (non-hydrogen) atoms. The van der Waals surface area contributed by atoms with Gasteiger partial charge in [-0.2, -0.15) is 23.2 Å². The SMILES string of the molecule is N#Cc1ccc(NS(=O)(=O)N2CCCCCC2)cc1C#N. The number of benzene rings is 1. The molecule has 1 aliphatic heterocycles. The summed E-state index contributed by atoms with van der Waals surface area (Å²) in [5.41, 5.74) is 0.693. The molecule has 1 aromatic rings. The van der Waals surface area contributed by atoms with E-state index >= 15 is 0 Å². The average Bonchev–Trinajstić information content (AvgIpc) is 2.76. The van der Waals surface area contributed by atoms with Gasteiger partial charge < -0.3 is 0 Å². The molecule has 6 nitrogen and oxygen atoms in total. The summed E-state index contributed by atoms with van der Waals surface area (Å²) in [5, 5.41) is 17.8. The molecule has 1 saturated heterocycles. The average molecular weight is 304 g/mol. The number of hydrogen-bond donors (Lipinski definition) is 1. The lowest BCUT2D eigenvalue weighted by Gasteiger charge is -2.20. The van der Waals surface area contributed by atoms with E-state index in [9.17, 15) is 8.42 Å². The molecule has 0 radical (unpaired) electrons. The number of nitrogens with one attached hydrogen (secondary N) is 1. The van der Waals surface area contributed by atoms with Gasteiger partial charge in [-0.25, -0.2) is 0 Å². The summed E-state index contributed by atoms with van der Waals surface area (Å²) < 4.78 is 28.6. The van der Waals surface area contributed by atoms with Crippen LogP contribution in [0.4, 0.5) is 5.69 Å². The fraction of sp³-hybridized carbons (Fsp3) is 0.429. The van der Waals surface area contributed by atoms with E-state index in [4.69, 9.17) is 10.5 Å². The lowest BCUT2D eigenvalue weighted by atomic mass is 10.1. The van der Waals surface area contributed by atoms with Crippen LogP contribution >= 0.6 is 0 Å². The fourth-order valence-corrected chi connectivity index (χ4v) is 3.59. The zero-order chi connectivity index (χ0) is 15.3. The van der Waals surface area contributed by atoms with Crippen LogP contribution < -0.4 is 4.72 Å². The maximum Gasteiger partial charge on any atom is 0.301 e. The Morgan fingerprint density at radius 2 is 1.62 bits per heavy atom. The van der Waals surface area contributed by atoms with Crippen LogP contribution in [0.15, 0.2) is 18.2 Å². The molecule has 0 unspecified atom stereocenters. The van der Waals surface area contributed by atoms with Gasteiger partial charge in [-0.05, 0) is 31.0 Å². The number of rotatable bonds is 3. The Balaban J connectivity index is 2.20. The Bertz CT molecular complexity index is 693. The van der Waals surface area contributed by atoms with Crippen molar-refractivity contribution in [3.8, 4) is 12.1 Å². The molecule has 110 valence electrons. The highest BCUT2D eigenvalue weighted by Crippen LogP contribution is 2.19. The predicted molar refractivity (Wildman–Crippen MR) is 78.5 cm³/mol. The lowest BCUT2D eigenvalue weighted by Crippen LogP contribution is -2.36. The largest absolute Gasteiger partial charge is 0.301 e. The van der Waals surface area contributed by atoms with Crippen LogP contribution in [0.5, 0.6) is 0 Å². The second kappa shape index (κ2) is 6.57. The van der Waals surface area contributed by atoms with Gasteiger partial charge in [0.05, 0.1) is 16.8 Å². The number of nitriles is 2. The van der Waals surface area contributed by atoms with E-state index in [1.807, 2.05) is 12.1 Å². The van der Waals surface area contributed by atoms with E-state index in [0.29, 0.717) is 18.8 Å². The first-order valence-corrected chi connectivity index (χ1v) is 8.23. The van der Waals surface area contributed by atoms with Gasteiger partial charge in [-0.1, -0.05) is 12.8 Å². The van der Waals surface area contributed by atoms with Gasteiger partial charge in [0.15, 0.2) is 0 Å². The van der Waals surface area contributed by atoms with Gasteiger partial charge >= 0.3 is 10.2 Å². The maximum absolute atomic E-state index is 12.3. The van der Waals surface area contributed by atoms with Crippen molar-refractivity contribution in [2.45, 2.75) is 25.7 Å². The predicted octanol–water partition coefficient (Wildman–Crippen LogP) is 1.96. The highest BCUT2D eigenvalue weighted by molar-refractivity contribution is 7.90. The highest BCUT2D eigenvalue weighted by Gasteiger charge is 2.23. The molecule has 1 N–H and O–H groups in total. The van der Waals surface area contributed by atoms with Gasteiger partial charge in [0.1, 0.15) is 12.1 Å². The first-order valence-electron chi connectivity index (χ1n) is 6.79. The van der Waals surface area contributed by atoms with E-state index < -0.39 is 10.2 Å². The summed E-state index contributed by atoms with van der Waals surface area (Å²) >= 11 is 0. The van der Waals surface area contributed by atoms with Crippen molar-refractivity contribution in [1.82, 2.24) is 4.31 Å². The second-order valence-electron chi connectivity index (χ2n) is 4.90. The van der Waals surface area contributed by atoms with E-state index in [-0.39, 0.29) is 11.1 Å². The van der Waals surface area contributed by atoms with Crippen LogP contribution in [-0.2, 0) is 10.2 Å². The van der Waals surface area contributed by atoms with Crippen molar-refractivity contribution in [3.63, 3.8) is 0 Å². The zero-order valence-electron chi connectivity index (χ0n) is 11.5. The third-order valence-electron chi connectivity index (χ3n) is 3.41. The van der Waals surface area contributed by atoms with Gasteiger partial charge in [-0.15, -0.1) is 0 Å². The first-order chi connectivity index (χ1) is 10.1. The first kappa shape index (κ1) is 15.3. The van der Waals surface area contributed by atoms with Crippen molar-refractivity contribution in [1.29, 1.82) is 10.5 Å². The Kier molecular flexibility index (Phi) is 4.79. The minimum Gasteiger partial charge on any atom is -0.271 e. The molecule has 0 aliphatic carbocycles. The lowest BCUT2D eigenvalue weighted by molar-refractivity contribution is 0.427. The minimum absolute atomic E-state index is 0.161. The van der Waals surface area contributed by atoms with E-state index in [1.54, 1.807) is 0 Å². The molecule has 0 saturated carbocycles. The molecule has 1 aliphatic rings. The number of hydrogen-bond acceptors (Lipinski definition) is 4. The molecule has 1 fully saturated rings. The van der Waals surface area contributed by atoms with Crippen molar-refractivity contribution in [2.75, 3.05) is 17.8 Å². The van der Waals surface area contributed by atoms with Crippen molar-refractivity contribution in [3.05, 3.63) is 29.3 Å².